The van der Waals surface area contributed by atoms with Crippen LogP contribution in [0.4, 0.5) is 5.69 Å². The number of nitrogens with zero attached hydrogens (tertiary/aromatic N) is 1. The number of carbonyl (C=O) groups is 2. The zero-order valence-electron chi connectivity index (χ0n) is 17.4. The van der Waals surface area contributed by atoms with Gasteiger partial charge in [0.1, 0.15) is 5.75 Å². The molecule has 2 aromatic carbocycles. The van der Waals surface area contributed by atoms with Crippen molar-refractivity contribution in [1.29, 1.82) is 0 Å². The average molecular weight is 414 g/mol. The molecule has 0 aromatic heterocycles. The second-order valence-electron chi connectivity index (χ2n) is 6.81. The number of methoxy groups -OCH3 is 2. The molecule has 2 aromatic rings. The number of amides is 2. The maximum absolute atomic E-state index is 12.7. The molecular formula is C22H26N2O6. The molecule has 0 bridgehead atoms. The van der Waals surface area contributed by atoms with Gasteiger partial charge in [-0.25, -0.2) is 0 Å². The number of hydrogen-bond acceptors (Lipinski definition) is 6. The highest BCUT2D eigenvalue weighted by Gasteiger charge is 2.19. The highest BCUT2D eigenvalue weighted by Crippen LogP contribution is 2.30. The van der Waals surface area contributed by atoms with Crippen molar-refractivity contribution in [3.05, 3.63) is 47.5 Å². The van der Waals surface area contributed by atoms with Gasteiger partial charge in [-0.15, -0.1) is 0 Å². The Balaban J connectivity index is 1.68. The summed E-state index contributed by atoms with van der Waals surface area (Å²) in [6, 6.07) is 10.4. The van der Waals surface area contributed by atoms with Gasteiger partial charge in [-0.1, -0.05) is 6.07 Å². The van der Waals surface area contributed by atoms with Gasteiger partial charge in [0.2, 0.25) is 0 Å². The maximum Gasteiger partial charge on any atom is 0.260 e. The summed E-state index contributed by atoms with van der Waals surface area (Å²) in [6.45, 7) is 4.00. The molecular weight excluding hydrogens is 388 g/mol. The molecule has 1 aliphatic heterocycles. The van der Waals surface area contributed by atoms with Crippen LogP contribution < -0.4 is 19.5 Å². The number of benzene rings is 2. The molecule has 1 saturated heterocycles. The van der Waals surface area contributed by atoms with Gasteiger partial charge in [0.05, 0.1) is 33.1 Å². The van der Waals surface area contributed by atoms with Gasteiger partial charge in [-0.3, -0.25) is 9.59 Å². The Morgan fingerprint density at radius 1 is 1.00 bits per heavy atom. The zero-order chi connectivity index (χ0) is 21.5. The van der Waals surface area contributed by atoms with Crippen LogP contribution in [0.25, 0.3) is 0 Å². The number of aryl methyl sites for hydroxylation is 1. The van der Waals surface area contributed by atoms with Crippen LogP contribution in [0.5, 0.6) is 17.2 Å². The smallest absolute Gasteiger partial charge is 0.260 e. The van der Waals surface area contributed by atoms with E-state index in [-0.39, 0.29) is 18.4 Å². The number of rotatable bonds is 7. The molecule has 0 unspecified atom stereocenters. The first kappa shape index (κ1) is 21.4. The molecule has 2 amide bonds. The van der Waals surface area contributed by atoms with E-state index >= 15 is 0 Å². The minimum atomic E-state index is -0.312. The summed E-state index contributed by atoms with van der Waals surface area (Å²) >= 11 is 0. The number of carbonyl (C=O) groups excluding carboxylic acids is 2. The molecule has 0 atom stereocenters. The van der Waals surface area contributed by atoms with Gasteiger partial charge in [-0.2, -0.15) is 0 Å². The van der Waals surface area contributed by atoms with Crippen molar-refractivity contribution in [2.24, 2.45) is 0 Å². The van der Waals surface area contributed by atoms with E-state index in [1.165, 1.54) is 7.11 Å². The van der Waals surface area contributed by atoms with Gasteiger partial charge >= 0.3 is 0 Å². The third kappa shape index (κ3) is 5.21. The molecule has 0 radical (unpaired) electrons. The van der Waals surface area contributed by atoms with Crippen LogP contribution >= 0.6 is 0 Å². The molecule has 0 saturated carbocycles. The Bertz CT molecular complexity index is 908. The Kier molecular flexibility index (Phi) is 7.13. The Morgan fingerprint density at radius 3 is 2.40 bits per heavy atom. The fourth-order valence-electron chi connectivity index (χ4n) is 3.09. The molecule has 8 heteroatoms. The van der Waals surface area contributed by atoms with Crippen LogP contribution in [0.15, 0.2) is 36.4 Å². The van der Waals surface area contributed by atoms with Crippen LogP contribution in [-0.2, 0) is 9.53 Å². The van der Waals surface area contributed by atoms with Gasteiger partial charge < -0.3 is 29.2 Å². The van der Waals surface area contributed by atoms with Crippen molar-refractivity contribution in [2.45, 2.75) is 6.92 Å². The highest BCUT2D eigenvalue weighted by atomic mass is 16.5. The number of anilines is 1. The first-order valence-corrected chi connectivity index (χ1v) is 9.64. The Labute approximate surface area is 175 Å². The summed E-state index contributed by atoms with van der Waals surface area (Å²) in [7, 11) is 3.03. The lowest BCUT2D eigenvalue weighted by atomic mass is 10.1. The van der Waals surface area contributed by atoms with E-state index in [2.05, 4.69) is 5.32 Å². The van der Waals surface area contributed by atoms with E-state index in [0.717, 1.165) is 5.56 Å². The fraction of sp³-hybridized carbons (Fsp3) is 0.364. The summed E-state index contributed by atoms with van der Waals surface area (Å²) in [5.41, 5.74) is 1.97. The number of hydrogen-bond donors (Lipinski definition) is 1. The molecule has 1 fully saturated rings. The summed E-state index contributed by atoms with van der Waals surface area (Å²) in [4.78, 5) is 26.7. The van der Waals surface area contributed by atoms with E-state index in [0.29, 0.717) is 54.8 Å². The van der Waals surface area contributed by atoms with E-state index in [1.807, 2.05) is 19.1 Å². The minimum absolute atomic E-state index is 0.109. The van der Waals surface area contributed by atoms with Gasteiger partial charge in [0.25, 0.3) is 11.8 Å². The summed E-state index contributed by atoms with van der Waals surface area (Å²) in [6.07, 6.45) is 0. The minimum Gasteiger partial charge on any atom is -0.495 e. The first-order valence-electron chi connectivity index (χ1n) is 9.64. The molecule has 3 rings (SSSR count). The van der Waals surface area contributed by atoms with Crippen molar-refractivity contribution in [3.8, 4) is 17.2 Å². The van der Waals surface area contributed by atoms with E-state index in [1.54, 1.807) is 36.3 Å². The van der Waals surface area contributed by atoms with Crippen LogP contribution in [0.2, 0.25) is 0 Å². The summed E-state index contributed by atoms with van der Waals surface area (Å²) in [5.74, 6) is 0.904. The predicted octanol–water partition coefficient (Wildman–Crippen LogP) is 2.50. The van der Waals surface area contributed by atoms with E-state index < -0.39 is 0 Å². The molecule has 160 valence electrons. The highest BCUT2D eigenvalue weighted by molar-refractivity contribution is 6.05. The van der Waals surface area contributed by atoms with E-state index in [4.69, 9.17) is 18.9 Å². The van der Waals surface area contributed by atoms with Crippen LogP contribution in [0, 0.1) is 6.92 Å². The van der Waals surface area contributed by atoms with Crippen LogP contribution in [-0.4, -0.2) is 63.8 Å². The number of nitrogens with one attached hydrogen (secondary N) is 1. The second kappa shape index (κ2) is 9.98. The van der Waals surface area contributed by atoms with Crippen molar-refractivity contribution >= 4 is 17.5 Å². The standard InChI is InChI=1S/C22H26N2O6/c1-15-4-6-18(27-2)17(12-15)23-22(26)16-5-7-19(20(13-16)28-3)30-14-21(25)24-8-10-29-11-9-24/h4-7,12-13H,8-11,14H2,1-3H3,(H,23,26). The van der Waals surface area contributed by atoms with Crippen molar-refractivity contribution in [2.75, 3.05) is 52.4 Å². The van der Waals surface area contributed by atoms with Gasteiger partial charge in [0, 0.05) is 18.7 Å². The summed E-state index contributed by atoms with van der Waals surface area (Å²) < 4.78 is 21.5. The molecule has 0 spiro atoms. The SMILES string of the molecule is COc1ccc(C)cc1NC(=O)c1ccc(OCC(=O)N2CCOCC2)c(OC)c1. The van der Waals surface area contributed by atoms with E-state index in [9.17, 15) is 9.59 Å². The largest absolute Gasteiger partial charge is 0.495 e. The van der Waals surface area contributed by atoms with Crippen molar-refractivity contribution in [1.82, 2.24) is 4.90 Å². The zero-order valence-corrected chi connectivity index (χ0v) is 17.4. The quantitative estimate of drug-likeness (QED) is 0.749. The maximum atomic E-state index is 12.7. The molecule has 1 aliphatic rings. The van der Waals surface area contributed by atoms with Crippen LogP contribution in [0.1, 0.15) is 15.9 Å². The lowest BCUT2D eigenvalue weighted by Gasteiger charge is -2.26. The molecule has 8 nitrogen and oxygen atoms in total. The lowest BCUT2D eigenvalue weighted by molar-refractivity contribution is -0.137. The fourth-order valence-corrected chi connectivity index (χ4v) is 3.09. The predicted molar refractivity (Wildman–Crippen MR) is 112 cm³/mol. The normalized spacial score (nSPS) is 13.5. The first-order chi connectivity index (χ1) is 14.5. The average Bonchev–Trinajstić information content (AvgIpc) is 2.78. The second-order valence-corrected chi connectivity index (χ2v) is 6.81. The number of morpholine rings is 1. The van der Waals surface area contributed by atoms with Crippen molar-refractivity contribution in [3.63, 3.8) is 0 Å². The third-order valence-electron chi connectivity index (χ3n) is 4.74. The molecule has 0 aliphatic carbocycles. The molecule has 30 heavy (non-hydrogen) atoms. The number of ether oxygens (including phenoxy) is 4. The summed E-state index contributed by atoms with van der Waals surface area (Å²) in [5, 5.41) is 2.85. The third-order valence-corrected chi connectivity index (χ3v) is 4.74. The Morgan fingerprint density at radius 2 is 1.70 bits per heavy atom. The Hall–Kier alpha value is -3.26. The van der Waals surface area contributed by atoms with Crippen LogP contribution in [0.3, 0.4) is 0 Å². The molecule has 1 N–H and O–H groups in total. The molecule has 1 heterocycles. The topological polar surface area (TPSA) is 86.3 Å². The monoisotopic (exact) mass is 414 g/mol. The van der Waals surface area contributed by atoms with Gasteiger partial charge in [-0.05, 0) is 42.8 Å². The van der Waals surface area contributed by atoms with Crippen molar-refractivity contribution < 1.29 is 28.5 Å². The van der Waals surface area contributed by atoms with Gasteiger partial charge in [0.15, 0.2) is 18.1 Å². The lowest BCUT2D eigenvalue weighted by Crippen LogP contribution is -2.43.